The molecule has 3 N–H and O–H groups in total. The molecule has 0 bridgehead atoms. The number of nitrogens with zero attached hydrogens (tertiary/aromatic N) is 1. The van der Waals surface area contributed by atoms with Crippen molar-refractivity contribution in [1.29, 1.82) is 0 Å². The van der Waals surface area contributed by atoms with Crippen molar-refractivity contribution in [1.82, 2.24) is 9.03 Å². The predicted octanol–water partition coefficient (Wildman–Crippen LogP) is 1.71. The van der Waals surface area contributed by atoms with Crippen molar-refractivity contribution >= 4 is 10.2 Å². The molecule has 5 nitrogen and oxygen atoms in total. The number of hydrogen-bond donors (Lipinski definition) is 2. The molecule has 0 radical (unpaired) electrons. The van der Waals surface area contributed by atoms with Crippen LogP contribution in [0.25, 0.3) is 0 Å². The van der Waals surface area contributed by atoms with E-state index in [1.54, 1.807) is 7.05 Å². The Balaban J connectivity index is 2.71. The predicted molar refractivity (Wildman–Crippen MR) is 83.6 cm³/mol. The van der Waals surface area contributed by atoms with Crippen LogP contribution in [0.4, 0.5) is 0 Å². The molecule has 120 valence electrons. The van der Waals surface area contributed by atoms with Crippen molar-refractivity contribution in [3.05, 3.63) is 0 Å². The zero-order valence-corrected chi connectivity index (χ0v) is 14.4. The standard InChI is InChI=1S/C14H31N3O2S/c1-13(2)9-12(10-14(3,4)11-13)16-20(18,19)17(5)8-6-7-15/h12,16H,6-11,15H2,1-5H3. The zero-order valence-electron chi connectivity index (χ0n) is 13.6. The van der Waals surface area contributed by atoms with Crippen LogP contribution in [0.3, 0.4) is 0 Å². The molecule has 6 heteroatoms. The molecule has 0 unspecified atom stereocenters. The number of nitrogens with one attached hydrogen (secondary N) is 1. The van der Waals surface area contributed by atoms with Gasteiger partial charge in [0.2, 0.25) is 0 Å². The first kappa shape index (κ1) is 17.9. The smallest absolute Gasteiger partial charge is 0.279 e. The average molecular weight is 305 g/mol. The first-order valence-corrected chi connectivity index (χ1v) is 8.85. The van der Waals surface area contributed by atoms with Gasteiger partial charge in [-0.1, -0.05) is 27.7 Å². The normalized spacial score (nSPS) is 23.1. The average Bonchev–Trinajstić information content (AvgIpc) is 2.20. The van der Waals surface area contributed by atoms with Gasteiger partial charge in [0, 0.05) is 19.6 Å². The van der Waals surface area contributed by atoms with Gasteiger partial charge in [-0.05, 0) is 43.1 Å². The minimum absolute atomic E-state index is 0.0130. The van der Waals surface area contributed by atoms with Crippen molar-refractivity contribution in [2.24, 2.45) is 16.6 Å². The van der Waals surface area contributed by atoms with Gasteiger partial charge in [-0.25, -0.2) is 0 Å². The summed E-state index contributed by atoms with van der Waals surface area (Å²) < 4.78 is 28.8. The lowest BCUT2D eigenvalue weighted by atomic mass is 9.64. The van der Waals surface area contributed by atoms with E-state index in [0.717, 1.165) is 19.3 Å². The van der Waals surface area contributed by atoms with E-state index in [0.29, 0.717) is 19.5 Å². The minimum atomic E-state index is -3.40. The van der Waals surface area contributed by atoms with E-state index in [4.69, 9.17) is 5.73 Å². The highest BCUT2D eigenvalue weighted by Crippen LogP contribution is 2.45. The fourth-order valence-corrected chi connectivity index (χ4v) is 4.80. The topological polar surface area (TPSA) is 75.4 Å². The van der Waals surface area contributed by atoms with Crippen LogP contribution in [-0.4, -0.2) is 38.9 Å². The molecule has 0 atom stereocenters. The molecule has 0 aromatic rings. The molecule has 1 rings (SSSR count). The fourth-order valence-electron chi connectivity index (χ4n) is 3.66. The maximum Gasteiger partial charge on any atom is 0.279 e. The van der Waals surface area contributed by atoms with Gasteiger partial charge in [-0.15, -0.1) is 0 Å². The third kappa shape index (κ3) is 5.31. The highest BCUT2D eigenvalue weighted by Gasteiger charge is 2.40. The summed E-state index contributed by atoms with van der Waals surface area (Å²) in [5, 5.41) is 0. The summed E-state index contributed by atoms with van der Waals surface area (Å²) in [7, 11) is -1.80. The van der Waals surface area contributed by atoms with E-state index in [1.807, 2.05) is 0 Å². The van der Waals surface area contributed by atoms with E-state index in [1.165, 1.54) is 4.31 Å². The molecule has 1 aliphatic carbocycles. The molecule has 0 aromatic heterocycles. The van der Waals surface area contributed by atoms with Crippen molar-refractivity contribution < 1.29 is 8.42 Å². The maximum atomic E-state index is 12.3. The lowest BCUT2D eigenvalue weighted by molar-refractivity contribution is 0.0928. The van der Waals surface area contributed by atoms with Gasteiger partial charge in [0.05, 0.1) is 0 Å². The van der Waals surface area contributed by atoms with E-state index in [-0.39, 0.29) is 16.9 Å². The molecule has 20 heavy (non-hydrogen) atoms. The summed E-state index contributed by atoms with van der Waals surface area (Å²) in [6.07, 6.45) is 3.58. The first-order valence-electron chi connectivity index (χ1n) is 7.41. The van der Waals surface area contributed by atoms with Crippen LogP contribution in [0, 0.1) is 10.8 Å². The monoisotopic (exact) mass is 305 g/mol. The highest BCUT2D eigenvalue weighted by molar-refractivity contribution is 7.87. The number of hydrogen-bond acceptors (Lipinski definition) is 3. The van der Waals surface area contributed by atoms with Crippen LogP contribution in [0.15, 0.2) is 0 Å². The van der Waals surface area contributed by atoms with Crippen LogP contribution in [0.5, 0.6) is 0 Å². The molecular formula is C14H31N3O2S. The van der Waals surface area contributed by atoms with Crippen molar-refractivity contribution in [2.75, 3.05) is 20.1 Å². The summed E-state index contributed by atoms with van der Waals surface area (Å²) >= 11 is 0. The van der Waals surface area contributed by atoms with Gasteiger partial charge in [-0.2, -0.15) is 17.4 Å². The summed E-state index contributed by atoms with van der Waals surface area (Å²) in [5.74, 6) is 0. The van der Waals surface area contributed by atoms with Gasteiger partial charge in [0.1, 0.15) is 0 Å². The molecule has 1 fully saturated rings. The van der Waals surface area contributed by atoms with Crippen LogP contribution < -0.4 is 10.5 Å². The van der Waals surface area contributed by atoms with Gasteiger partial charge < -0.3 is 5.73 Å². The first-order chi connectivity index (χ1) is 8.97. The second-order valence-electron chi connectivity index (χ2n) is 7.70. The van der Waals surface area contributed by atoms with Gasteiger partial charge in [0.25, 0.3) is 10.2 Å². The molecule has 1 saturated carbocycles. The molecule has 0 heterocycles. The second kappa shape index (κ2) is 6.30. The highest BCUT2D eigenvalue weighted by atomic mass is 32.2. The Morgan fingerprint density at radius 1 is 1.20 bits per heavy atom. The molecule has 1 aliphatic rings. The Morgan fingerprint density at radius 2 is 1.70 bits per heavy atom. The molecule has 0 aromatic carbocycles. The van der Waals surface area contributed by atoms with Crippen molar-refractivity contribution in [2.45, 2.75) is 59.4 Å². The Bertz CT molecular complexity index is 402. The number of nitrogens with two attached hydrogens (primary N) is 1. The molecule has 0 amide bonds. The maximum absolute atomic E-state index is 12.3. The Kier molecular flexibility index (Phi) is 5.63. The largest absolute Gasteiger partial charge is 0.330 e. The van der Waals surface area contributed by atoms with E-state index < -0.39 is 10.2 Å². The Labute approximate surface area is 124 Å². The lowest BCUT2D eigenvalue weighted by Gasteiger charge is -2.45. The van der Waals surface area contributed by atoms with Crippen LogP contribution in [-0.2, 0) is 10.2 Å². The Hall–Kier alpha value is -0.170. The molecule has 0 aliphatic heterocycles. The van der Waals surface area contributed by atoms with E-state index in [9.17, 15) is 8.42 Å². The second-order valence-corrected chi connectivity index (χ2v) is 9.51. The minimum Gasteiger partial charge on any atom is -0.330 e. The third-order valence-corrected chi connectivity index (χ3v) is 5.59. The molecule has 0 saturated heterocycles. The quantitative estimate of drug-likeness (QED) is 0.784. The lowest BCUT2D eigenvalue weighted by Crippen LogP contribution is -2.49. The van der Waals surface area contributed by atoms with Crippen LogP contribution >= 0.6 is 0 Å². The Morgan fingerprint density at radius 3 is 2.15 bits per heavy atom. The zero-order chi connectivity index (χ0) is 15.6. The third-order valence-electron chi connectivity index (χ3n) is 3.96. The van der Waals surface area contributed by atoms with E-state index in [2.05, 4.69) is 32.4 Å². The summed E-state index contributed by atoms with van der Waals surface area (Å²) in [6, 6.07) is 0.0130. The molecule has 0 spiro atoms. The molecular weight excluding hydrogens is 274 g/mol. The summed E-state index contributed by atoms with van der Waals surface area (Å²) in [6.45, 7) is 9.83. The van der Waals surface area contributed by atoms with Gasteiger partial charge in [-0.3, -0.25) is 0 Å². The number of rotatable bonds is 6. The fraction of sp³-hybridized carbons (Fsp3) is 1.00. The SMILES string of the molecule is CN(CCCN)S(=O)(=O)NC1CC(C)(C)CC(C)(C)C1. The van der Waals surface area contributed by atoms with Crippen LogP contribution in [0.2, 0.25) is 0 Å². The van der Waals surface area contributed by atoms with Gasteiger partial charge >= 0.3 is 0 Å². The van der Waals surface area contributed by atoms with Crippen molar-refractivity contribution in [3.8, 4) is 0 Å². The summed E-state index contributed by atoms with van der Waals surface area (Å²) in [4.78, 5) is 0. The van der Waals surface area contributed by atoms with Crippen LogP contribution in [0.1, 0.15) is 53.4 Å². The van der Waals surface area contributed by atoms with Gasteiger partial charge in [0.15, 0.2) is 0 Å². The summed E-state index contributed by atoms with van der Waals surface area (Å²) in [5.41, 5.74) is 5.78. The van der Waals surface area contributed by atoms with Crippen molar-refractivity contribution in [3.63, 3.8) is 0 Å². The van der Waals surface area contributed by atoms with E-state index >= 15 is 0 Å².